The number of nitriles is 1. The zero-order chi connectivity index (χ0) is 13.6. The van der Waals surface area contributed by atoms with Crippen molar-refractivity contribution in [2.45, 2.75) is 57.5 Å². The Bertz CT molecular complexity index is 234. The van der Waals surface area contributed by atoms with Crippen LogP contribution in [-0.4, -0.2) is 39.1 Å². The van der Waals surface area contributed by atoms with Crippen molar-refractivity contribution < 1.29 is 14.2 Å². The van der Waals surface area contributed by atoms with Gasteiger partial charge in [-0.2, -0.15) is 5.26 Å². The Morgan fingerprint density at radius 3 is 2.42 bits per heavy atom. The van der Waals surface area contributed by atoms with Crippen LogP contribution in [0.15, 0.2) is 0 Å². The molecule has 0 spiro atoms. The molecule has 0 amide bonds. The Morgan fingerprint density at radius 1 is 1.00 bits per heavy atom. The predicted octanol–water partition coefficient (Wildman–Crippen LogP) is 3.06. The summed E-state index contributed by atoms with van der Waals surface area (Å²) in [5.41, 5.74) is 0. The molecule has 0 N–H and O–H groups in total. The van der Waals surface area contributed by atoms with Crippen LogP contribution in [0.3, 0.4) is 0 Å². The van der Waals surface area contributed by atoms with Crippen molar-refractivity contribution in [3.05, 3.63) is 0 Å². The standard InChI is InChI=1S/C15H27NO3/c16-9-2-5-12-17-10-3-1-4-11-18-14-8-15-7-6-13-19-15/h15H,1-8,10-14H2. The Balaban J connectivity index is 1.68. The fourth-order valence-corrected chi connectivity index (χ4v) is 2.13. The number of nitrogens with zero attached hydrogens (tertiary/aromatic N) is 1. The monoisotopic (exact) mass is 269 g/mol. The lowest BCUT2D eigenvalue weighted by atomic mass is 10.2. The van der Waals surface area contributed by atoms with Gasteiger partial charge in [0.1, 0.15) is 0 Å². The Kier molecular flexibility index (Phi) is 10.7. The van der Waals surface area contributed by atoms with Gasteiger partial charge in [0.25, 0.3) is 0 Å². The van der Waals surface area contributed by atoms with Crippen molar-refractivity contribution in [3.63, 3.8) is 0 Å². The van der Waals surface area contributed by atoms with Crippen LogP contribution in [0.4, 0.5) is 0 Å². The van der Waals surface area contributed by atoms with Crippen LogP contribution in [0.5, 0.6) is 0 Å². The summed E-state index contributed by atoms with van der Waals surface area (Å²) in [5, 5.41) is 8.35. The molecule has 0 aromatic heterocycles. The van der Waals surface area contributed by atoms with Crippen LogP contribution in [0.25, 0.3) is 0 Å². The molecule has 0 aliphatic carbocycles. The fraction of sp³-hybridized carbons (Fsp3) is 0.933. The summed E-state index contributed by atoms with van der Waals surface area (Å²) >= 11 is 0. The molecule has 0 bridgehead atoms. The lowest BCUT2D eigenvalue weighted by Crippen LogP contribution is -2.09. The van der Waals surface area contributed by atoms with Crippen molar-refractivity contribution in [1.29, 1.82) is 5.26 Å². The molecule has 1 aliphatic rings. The highest BCUT2D eigenvalue weighted by Gasteiger charge is 2.14. The van der Waals surface area contributed by atoms with E-state index in [0.29, 0.717) is 19.1 Å². The van der Waals surface area contributed by atoms with Gasteiger partial charge in [-0.3, -0.25) is 0 Å². The van der Waals surface area contributed by atoms with Gasteiger partial charge in [-0.05, 0) is 44.9 Å². The molecule has 1 unspecified atom stereocenters. The second kappa shape index (κ2) is 12.4. The van der Waals surface area contributed by atoms with Crippen LogP contribution < -0.4 is 0 Å². The summed E-state index contributed by atoms with van der Waals surface area (Å²) in [7, 11) is 0. The first-order valence-electron chi connectivity index (χ1n) is 7.57. The highest BCUT2D eigenvalue weighted by molar-refractivity contribution is 4.67. The van der Waals surface area contributed by atoms with Gasteiger partial charge in [0.2, 0.25) is 0 Å². The van der Waals surface area contributed by atoms with Gasteiger partial charge in [0.05, 0.1) is 12.2 Å². The minimum Gasteiger partial charge on any atom is -0.381 e. The van der Waals surface area contributed by atoms with E-state index in [1.54, 1.807) is 0 Å². The van der Waals surface area contributed by atoms with Gasteiger partial charge in [-0.1, -0.05) is 0 Å². The molecule has 1 heterocycles. The van der Waals surface area contributed by atoms with Crippen LogP contribution >= 0.6 is 0 Å². The molecule has 0 radical (unpaired) electrons. The van der Waals surface area contributed by atoms with E-state index in [0.717, 1.165) is 58.5 Å². The lowest BCUT2D eigenvalue weighted by Gasteiger charge is -2.09. The van der Waals surface area contributed by atoms with Gasteiger partial charge in [-0.25, -0.2) is 0 Å². The lowest BCUT2D eigenvalue weighted by molar-refractivity contribution is 0.0573. The average molecular weight is 269 g/mol. The third kappa shape index (κ3) is 9.89. The highest BCUT2D eigenvalue weighted by atomic mass is 16.5. The Hall–Kier alpha value is -0.630. The van der Waals surface area contributed by atoms with Crippen molar-refractivity contribution >= 4 is 0 Å². The van der Waals surface area contributed by atoms with Crippen molar-refractivity contribution in [2.75, 3.05) is 33.0 Å². The van der Waals surface area contributed by atoms with Crippen LogP contribution in [0.1, 0.15) is 51.4 Å². The predicted molar refractivity (Wildman–Crippen MR) is 73.9 cm³/mol. The molecule has 4 heteroatoms. The van der Waals surface area contributed by atoms with Gasteiger partial charge in [-0.15, -0.1) is 0 Å². The van der Waals surface area contributed by atoms with E-state index in [9.17, 15) is 0 Å². The number of rotatable bonds is 12. The molecule has 0 aromatic carbocycles. The van der Waals surface area contributed by atoms with E-state index < -0.39 is 0 Å². The van der Waals surface area contributed by atoms with Crippen molar-refractivity contribution in [2.24, 2.45) is 0 Å². The van der Waals surface area contributed by atoms with Gasteiger partial charge in [0.15, 0.2) is 0 Å². The van der Waals surface area contributed by atoms with Crippen molar-refractivity contribution in [3.8, 4) is 6.07 Å². The zero-order valence-corrected chi connectivity index (χ0v) is 11.9. The van der Waals surface area contributed by atoms with Crippen LogP contribution in [-0.2, 0) is 14.2 Å². The maximum absolute atomic E-state index is 8.35. The Morgan fingerprint density at radius 2 is 1.74 bits per heavy atom. The van der Waals surface area contributed by atoms with E-state index in [4.69, 9.17) is 19.5 Å². The third-order valence-electron chi connectivity index (χ3n) is 3.26. The minimum absolute atomic E-state index is 0.446. The fourth-order valence-electron chi connectivity index (χ4n) is 2.13. The first-order valence-corrected chi connectivity index (χ1v) is 7.57. The van der Waals surface area contributed by atoms with Crippen LogP contribution in [0.2, 0.25) is 0 Å². The summed E-state index contributed by atoms with van der Waals surface area (Å²) in [5.74, 6) is 0. The molecule has 0 saturated carbocycles. The minimum atomic E-state index is 0.446. The smallest absolute Gasteiger partial charge is 0.0622 e. The van der Waals surface area contributed by atoms with E-state index in [2.05, 4.69) is 6.07 Å². The second-order valence-corrected chi connectivity index (χ2v) is 4.97. The van der Waals surface area contributed by atoms with E-state index in [1.807, 2.05) is 0 Å². The van der Waals surface area contributed by atoms with Gasteiger partial charge < -0.3 is 14.2 Å². The molecule has 1 fully saturated rings. The molecule has 1 rings (SSSR count). The molecule has 0 aromatic rings. The molecule has 1 atom stereocenters. The SMILES string of the molecule is N#CCCCOCCCCCOCCC1CCCO1. The Labute approximate surface area is 117 Å². The summed E-state index contributed by atoms with van der Waals surface area (Å²) in [4.78, 5) is 0. The highest BCUT2D eigenvalue weighted by Crippen LogP contribution is 2.15. The summed E-state index contributed by atoms with van der Waals surface area (Å²) in [6, 6.07) is 2.11. The zero-order valence-electron chi connectivity index (χ0n) is 11.9. The van der Waals surface area contributed by atoms with Gasteiger partial charge >= 0.3 is 0 Å². The topological polar surface area (TPSA) is 51.5 Å². The molecule has 1 aliphatic heterocycles. The van der Waals surface area contributed by atoms with E-state index in [-0.39, 0.29) is 0 Å². The average Bonchev–Trinajstić information content (AvgIpc) is 2.93. The molecular weight excluding hydrogens is 242 g/mol. The number of ether oxygens (including phenoxy) is 3. The second-order valence-electron chi connectivity index (χ2n) is 4.97. The molecular formula is C15H27NO3. The van der Waals surface area contributed by atoms with Crippen molar-refractivity contribution in [1.82, 2.24) is 0 Å². The summed E-state index contributed by atoms with van der Waals surface area (Å²) in [6.45, 7) is 4.13. The summed E-state index contributed by atoms with van der Waals surface area (Å²) < 4.78 is 16.6. The quantitative estimate of drug-likeness (QED) is 0.511. The number of unbranched alkanes of at least 4 members (excludes halogenated alkanes) is 3. The number of hydrogen-bond acceptors (Lipinski definition) is 4. The first kappa shape index (κ1) is 16.4. The van der Waals surface area contributed by atoms with E-state index >= 15 is 0 Å². The molecule has 1 saturated heterocycles. The maximum Gasteiger partial charge on any atom is 0.0622 e. The first-order chi connectivity index (χ1) is 9.43. The largest absolute Gasteiger partial charge is 0.381 e. The normalized spacial score (nSPS) is 18.6. The molecule has 4 nitrogen and oxygen atoms in total. The van der Waals surface area contributed by atoms with E-state index in [1.165, 1.54) is 12.8 Å². The maximum atomic E-state index is 8.35. The number of hydrogen-bond donors (Lipinski definition) is 0. The van der Waals surface area contributed by atoms with Crippen LogP contribution in [0, 0.1) is 11.3 Å². The van der Waals surface area contributed by atoms with Gasteiger partial charge in [0, 0.05) is 39.5 Å². The summed E-state index contributed by atoms with van der Waals surface area (Å²) in [6.07, 6.45) is 8.68. The third-order valence-corrected chi connectivity index (χ3v) is 3.26. The molecule has 19 heavy (non-hydrogen) atoms. The molecule has 110 valence electrons.